The molecule has 1 rings (SSSR count). The van der Waals surface area contributed by atoms with E-state index in [0.29, 0.717) is 12.5 Å². The zero-order valence-corrected chi connectivity index (χ0v) is 8.64. The van der Waals surface area contributed by atoms with Crippen LogP contribution in [-0.2, 0) is 0 Å². The van der Waals surface area contributed by atoms with Crippen LogP contribution < -0.4 is 0 Å². The summed E-state index contributed by atoms with van der Waals surface area (Å²) < 4.78 is 0. The van der Waals surface area contributed by atoms with E-state index in [9.17, 15) is 0 Å². The highest BCUT2D eigenvalue weighted by molar-refractivity contribution is 4.68. The maximum absolute atomic E-state index is 8.78. The summed E-state index contributed by atoms with van der Waals surface area (Å²) in [4.78, 5) is 0. The molecular formula is C10H24O2. The van der Waals surface area contributed by atoms with Crippen LogP contribution in [0.3, 0.4) is 0 Å². The van der Waals surface area contributed by atoms with Gasteiger partial charge in [-0.3, -0.25) is 0 Å². The maximum Gasteiger partial charge on any atom is 0.0459 e. The molecule has 0 unspecified atom stereocenters. The summed E-state index contributed by atoms with van der Waals surface area (Å²) in [5, 5.41) is 8.78. The van der Waals surface area contributed by atoms with Gasteiger partial charge in [0.25, 0.3) is 0 Å². The van der Waals surface area contributed by atoms with Gasteiger partial charge in [0.2, 0.25) is 0 Å². The highest BCUT2D eigenvalue weighted by Gasteiger charge is 2.16. The van der Waals surface area contributed by atoms with Gasteiger partial charge in [0, 0.05) is 6.61 Å². The third-order valence-electron chi connectivity index (χ3n) is 2.39. The minimum absolute atomic E-state index is 0. The number of aliphatic hydroxyl groups excluding tert-OH is 1. The van der Waals surface area contributed by atoms with Gasteiger partial charge in [0.15, 0.2) is 0 Å². The minimum Gasteiger partial charge on any atom is -0.412 e. The lowest BCUT2D eigenvalue weighted by Crippen LogP contribution is -2.14. The Morgan fingerprint density at radius 3 is 1.83 bits per heavy atom. The molecule has 0 aromatic rings. The fourth-order valence-corrected chi connectivity index (χ4v) is 1.51. The second-order valence-corrected chi connectivity index (χ2v) is 3.31. The summed E-state index contributed by atoms with van der Waals surface area (Å²) in [7, 11) is 0. The third kappa shape index (κ3) is 5.56. The Bertz CT molecular complexity index is 75.9. The van der Waals surface area contributed by atoms with Gasteiger partial charge in [-0.15, -0.1) is 0 Å². The molecule has 0 saturated heterocycles. The highest BCUT2D eigenvalue weighted by Crippen LogP contribution is 2.27. The van der Waals surface area contributed by atoms with Gasteiger partial charge in [-0.25, -0.2) is 0 Å². The van der Waals surface area contributed by atoms with Crippen molar-refractivity contribution in [3.63, 3.8) is 0 Å². The van der Waals surface area contributed by atoms with Gasteiger partial charge in [-0.2, -0.15) is 0 Å². The second-order valence-electron chi connectivity index (χ2n) is 3.31. The smallest absolute Gasteiger partial charge is 0.0459 e. The number of hydrogen-bond donors (Lipinski definition) is 1. The lowest BCUT2D eigenvalue weighted by atomic mass is 9.84. The van der Waals surface area contributed by atoms with E-state index in [1.165, 1.54) is 25.7 Å². The molecule has 0 bridgehead atoms. The van der Waals surface area contributed by atoms with Gasteiger partial charge >= 0.3 is 0 Å². The maximum atomic E-state index is 8.78. The van der Waals surface area contributed by atoms with Crippen LogP contribution in [0.5, 0.6) is 0 Å². The Hall–Kier alpha value is -0.0800. The van der Waals surface area contributed by atoms with Crippen molar-refractivity contribution in [3.05, 3.63) is 0 Å². The number of rotatable bonds is 1. The summed E-state index contributed by atoms with van der Waals surface area (Å²) >= 11 is 0. The first-order chi connectivity index (χ1) is 5.33. The lowest BCUT2D eigenvalue weighted by Gasteiger charge is -2.23. The van der Waals surface area contributed by atoms with E-state index in [0.717, 1.165) is 5.92 Å². The second kappa shape index (κ2) is 9.01. The van der Waals surface area contributed by atoms with Crippen molar-refractivity contribution in [3.8, 4) is 0 Å². The SMILES string of the molecule is CC.CC1CCC(CO)CC1.O. The average molecular weight is 176 g/mol. The van der Waals surface area contributed by atoms with Gasteiger partial charge < -0.3 is 10.6 Å². The molecule has 1 fully saturated rings. The molecule has 1 aliphatic carbocycles. The highest BCUT2D eigenvalue weighted by atomic mass is 16.3. The molecule has 3 N–H and O–H groups in total. The molecule has 2 heteroatoms. The summed E-state index contributed by atoms with van der Waals surface area (Å²) in [5.41, 5.74) is 0. The number of hydrogen-bond acceptors (Lipinski definition) is 1. The van der Waals surface area contributed by atoms with E-state index in [-0.39, 0.29) is 5.48 Å². The van der Waals surface area contributed by atoms with Gasteiger partial charge in [-0.05, 0) is 24.7 Å². The molecule has 0 heterocycles. The Labute approximate surface area is 76.3 Å². The molecule has 0 radical (unpaired) electrons. The Morgan fingerprint density at radius 1 is 1.08 bits per heavy atom. The van der Waals surface area contributed by atoms with Crippen LogP contribution in [0.15, 0.2) is 0 Å². The average Bonchev–Trinajstić information content (AvgIpc) is 2.10. The van der Waals surface area contributed by atoms with Crippen molar-refractivity contribution < 1.29 is 10.6 Å². The van der Waals surface area contributed by atoms with Crippen molar-refractivity contribution in [2.75, 3.05) is 6.61 Å². The van der Waals surface area contributed by atoms with Crippen molar-refractivity contribution in [1.29, 1.82) is 0 Å². The molecule has 1 aliphatic rings. The van der Waals surface area contributed by atoms with E-state index in [4.69, 9.17) is 5.11 Å². The number of aliphatic hydroxyl groups is 1. The first-order valence-corrected chi connectivity index (χ1v) is 4.93. The molecule has 0 aliphatic heterocycles. The van der Waals surface area contributed by atoms with Crippen molar-refractivity contribution >= 4 is 0 Å². The van der Waals surface area contributed by atoms with Crippen LogP contribution in [0.1, 0.15) is 46.5 Å². The van der Waals surface area contributed by atoms with Crippen molar-refractivity contribution in [2.24, 2.45) is 11.8 Å². The van der Waals surface area contributed by atoms with Crippen LogP contribution >= 0.6 is 0 Å². The van der Waals surface area contributed by atoms with Gasteiger partial charge in [-0.1, -0.05) is 33.6 Å². The monoisotopic (exact) mass is 176 g/mol. The van der Waals surface area contributed by atoms with E-state index >= 15 is 0 Å². The van der Waals surface area contributed by atoms with E-state index in [1.54, 1.807) is 0 Å². The quantitative estimate of drug-likeness (QED) is 0.652. The molecule has 2 nitrogen and oxygen atoms in total. The molecular weight excluding hydrogens is 152 g/mol. The molecule has 0 amide bonds. The minimum atomic E-state index is 0. The van der Waals surface area contributed by atoms with E-state index < -0.39 is 0 Å². The predicted octanol–water partition coefficient (Wildman–Crippen LogP) is 2.01. The Balaban J connectivity index is 0. The van der Waals surface area contributed by atoms with E-state index in [1.807, 2.05) is 13.8 Å². The summed E-state index contributed by atoms with van der Waals surface area (Å²) in [5.74, 6) is 1.54. The molecule has 0 aromatic carbocycles. The predicted molar refractivity (Wildman–Crippen MR) is 53.2 cm³/mol. The normalized spacial score (nSPS) is 28.0. The van der Waals surface area contributed by atoms with Crippen LogP contribution in [0.4, 0.5) is 0 Å². The first-order valence-electron chi connectivity index (χ1n) is 4.93. The van der Waals surface area contributed by atoms with Gasteiger partial charge in [0.05, 0.1) is 0 Å². The van der Waals surface area contributed by atoms with Crippen LogP contribution in [0.25, 0.3) is 0 Å². The first kappa shape index (κ1) is 14.4. The molecule has 12 heavy (non-hydrogen) atoms. The fourth-order valence-electron chi connectivity index (χ4n) is 1.51. The van der Waals surface area contributed by atoms with Crippen molar-refractivity contribution in [1.82, 2.24) is 0 Å². The molecule has 0 atom stereocenters. The standard InChI is InChI=1S/C8H16O.C2H6.H2O/c1-7-2-4-8(6-9)5-3-7;1-2;/h7-9H,2-6H2,1H3;1-2H3;1H2. The summed E-state index contributed by atoms with van der Waals surface area (Å²) in [6, 6.07) is 0. The van der Waals surface area contributed by atoms with Crippen LogP contribution in [0.2, 0.25) is 0 Å². The van der Waals surface area contributed by atoms with Crippen molar-refractivity contribution in [2.45, 2.75) is 46.5 Å². The summed E-state index contributed by atoms with van der Waals surface area (Å²) in [6.45, 7) is 6.71. The Morgan fingerprint density at radius 2 is 1.50 bits per heavy atom. The summed E-state index contributed by atoms with van der Waals surface area (Å²) in [6.07, 6.45) is 5.14. The topological polar surface area (TPSA) is 51.7 Å². The molecule has 0 aromatic heterocycles. The molecule has 1 saturated carbocycles. The van der Waals surface area contributed by atoms with Crippen LogP contribution in [0, 0.1) is 11.8 Å². The largest absolute Gasteiger partial charge is 0.412 e. The van der Waals surface area contributed by atoms with Gasteiger partial charge in [0.1, 0.15) is 0 Å². The van der Waals surface area contributed by atoms with Crippen LogP contribution in [-0.4, -0.2) is 17.2 Å². The molecule has 0 spiro atoms. The lowest BCUT2D eigenvalue weighted by molar-refractivity contribution is 0.172. The zero-order valence-electron chi connectivity index (χ0n) is 8.64. The van der Waals surface area contributed by atoms with E-state index in [2.05, 4.69) is 6.92 Å². The Kier molecular flexibility index (Phi) is 10.8. The third-order valence-corrected chi connectivity index (χ3v) is 2.39. The fraction of sp³-hybridized carbons (Fsp3) is 1.00. The molecule has 76 valence electrons. The zero-order chi connectivity index (χ0) is 8.69.